The van der Waals surface area contributed by atoms with E-state index >= 15 is 0 Å². The van der Waals surface area contributed by atoms with Crippen LogP contribution in [0.25, 0.3) is 0 Å². The predicted octanol–water partition coefficient (Wildman–Crippen LogP) is 2.38. The van der Waals surface area contributed by atoms with E-state index in [0.717, 1.165) is 18.6 Å². The Labute approximate surface area is 101 Å². The van der Waals surface area contributed by atoms with Gasteiger partial charge in [0.2, 0.25) is 0 Å². The van der Waals surface area contributed by atoms with Gasteiger partial charge in [0.15, 0.2) is 0 Å². The first-order valence-electron chi connectivity index (χ1n) is 6.02. The molecule has 1 atom stereocenters. The molecule has 1 aliphatic carbocycles. The van der Waals surface area contributed by atoms with Crippen LogP contribution < -0.4 is 5.43 Å². The minimum atomic E-state index is -0.240. The highest BCUT2D eigenvalue weighted by atomic mass is 16.2. The molecule has 0 spiro atoms. The van der Waals surface area contributed by atoms with E-state index in [2.05, 4.69) is 22.4 Å². The molecule has 1 aliphatic rings. The van der Waals surface area contributed by atoms with E-state index in [1.54, 1.807) is 24.4 Å². The zero-order valence-electron chi connectivity index (χ0n) is 10.0. The van der Waals surface area contributed by atoms with E-state index in [4.69, 9.17) is 0 Å². The Morgan fingerprint density at radius 3 is 3.12 bits per heavy atom. The SMILES string of the molecule is C[C@H]1CCC/C(=N/NC(=O)c2ccccn2)C1. The average molecular weight is 231 g/mol. The van der Waals surface area contributed by atoms with Gasteiger partial charge in [-0.1, -0.05) is 13.0 Å². The van der Waals surface area contributed by atoms with Crippen molar-refractivity contribution in [2.45, 2.75) is 32.6 Å². The second-order valence-corrected chi connectivity index (χ2v) is 4.54. The van der Waals surface area contributed by atoms with E-state index in [0.29, 0.717) is 11.6 Å². The first kappa shape index (κ1) is 11.8. The zero-order chi connectivity index (χ0) is 12.1. The van der Waals surface area contributed by atoms with Gasteiger partial charge in [-0.25, -0.2) is 5.43 Å². The summed E-state index contributed by atoms with van der Waals surface area (Å²) in [7, 11) is 0. The number of carbonyl (C=O) groups excluding carboxylic acids is 1. The summed E-state index contributed by atoms with van der Waals surface area (Å²) in [5.41, 5.74) is 4.07. The number of hydrazone groups is 1. The van der Waals surface area contributed by atoms with Gasteiger partial charge in [-0.15, -0.1) is 0 Å². The van der Waals surface area contributed by atoms with Gasteiger partial charge in [0.05, 0.1) is 0 Å². The normalized spacial score (nSPS) is 22.4. The van der Waals surface area contributed by atoms with Crippen LogP contribution in [-0.4, -0.2) is 16.6 Å². The van der Waals surface area contributed by atoms with Crippen molar-refractivity contribution >= 4 is 11.6 Å². The van der Waals surface area contributed by atoms with Crippen LogP contribution in [0.3, 0.4) is 0 Å². The van der Waals surface area contributed by atoms with Crippen LogP contribution >= 0.6 is 0 Å². The molecule has 1 heterocycles. The second-order valence-electron chi connectivity index (χ2n) is 4.54. The summed E-state index contributed by atoms with van der Waals surface area (Å²) in [5.74, 6) is 0.436. The highest BCUT2D eigenvalue weighted by Crippen LogP contribution is 2.20. The van der Waals surface area contributed by atoms with E-state index in [-0.39, 0.29) is 5.91 Å². The maximum absolute atomic E-state index is 11.7. The lowest BCUT2D eigenvalue weighted by molar-refractivity contribution is 0.0949. The molecule has 1 aromatic rings. The number of aromatic nitrogens is 1. The van der Waals surface area contributed by atoms with Gasteiger partial charge in [-0.05, 0) is 43.7 Å². The van der Waals surface area contributed by atoms with Gasteiger partial charge in [-0.2, -0.15) is 5.10 Å². The van der Waals surface area contributed by atoms with Gasteiger partial charge in [0.1, 0.15) is 5.69 Å². The van der Waals surface area contributed by atoms with Crippen LogP contribution in [0.15, 0.2) is 29.5 Å². The Hall–Kier alpha value is -1.71. The van der Waals surface area contributed by atoms with Crippen molar-refractivity contribution in [2.75, 3.05) is 0 Å². The lowest BCUT2D eigenvalue weighted by atomic mass is 9.89. The molecular formula is C13H17N3O. The summed E-state index contributed by atoms with van der Waals surface area (Å²) in [5, 5.41) is 4.19. The van der Waals surface area contributed by atoms with Crippen molar-refractivity contribution in [1.82, 2.24) is 10.4 Å². The van der Waals surface area contributed by atoms with Gasteiger partial charge in [0.25, 0.3) is 5.91 Å². The summed E-state index contributed by atoms with van der Waals surface area (Å²) < 4.78 is 0. The third-order valence-electron chi connectivity index (χ3n) is 2.96. The molecule has 0 bridgehead atoms. The average Bonchev–Trinajstić information content (AvgIpc) is 2.37. The Morgan fingerprint density at radius 2 is 2.41 bits per heavy atom. The summed E-state index contributed by atoms with van der Waals surface area (Å²) in [6.07, 6.45) is 6.01. The van der Waals surface area contributed by atoms with Crippen LogP contribution in [0.1, 0.15) is 43.1 Å². The van der Waals surface area contributed by atoms with Crippen molar-refractivity contribution in [1.29, 1.82) is 0 Å². The minimum Gasteiger partial charge on any atom is -0.266 e. The Kier molecular flexibility index (Phi) is 3.85. The van der Waals surface area contributed by atoms with Crippen molar-refractivity contribution < 1.29 is 4.79 Å². The van der Waals surface area contributed by atoms with E-state index < -0.39 is 0 Å². The summed E-state index contributed by atoms with van der Waals surface area (Å²) in [6, 6.07) is 5.25. The molecule has 1 aromatic heterocycles. The first-order valence-corrected chi connectivity index (χ1v) is 6.02. The number of carbonyl (C=O) groups is 1. The second kappa shape index (κ2) is 5.57. The zero-order valence-corrected chi connectivity index (χ0v) is 10.0. The topological polar surface area (TPSA) is 54.4 Å². The largest absolute Gasteiger partial charge is 0.289 e. The van der Waals surface area contributed by atoms with Gasteiger partial charge in [0, 0.05) is 11.9 Å². The molecular weight excluding hydrogens is 214 g/mol. The molecule has 2 rings (SSSR count). The number of hydrogen-bond donors (Lipinski definition) is 1. The van der Waals surface area contributed by atoms with E-state index in [1.807, 2.05) is 0 Å². The third kappa shape index (κ3) is 3.37. The summed E-state index contributed by atoms with van der Waals surface area (Å²) in [6.45, 7) is 2.22. The van der Waals surface area contributed by atoms with E-state index in [1.165, 1.54) is 12.8 Å². The van der Waals surface area contributed by atoms with Crippen LogP contribution in [0.4, 0.5) is 0 Å². The molecule has 0 aliphatic heterocycles. The molecule has 0 saturated heterocycles. The Bertz CT molecular complexity index is 414. The van der Waals surface area contributed by atoms with Crippen molar-refractivity contribution in [2.24, 2.45) is 11.0 Å². The fraction of sp³-hybridized carbons (Fsp3) is 0.462. The fourth-order valence-electron chi connectivity index (χ4n) is 2.05. The molecule has 0 radical (unpaired) electrons. The van der Waals surface area contributed by atoms with Gasteiger partial charge >= 0.3 is 0 Å². The number of pyridine rings is 1. The van der Waals surface area contributed by atoms with Crippen LogP contribution in [-0.2, 0) is 0 Å². The van der Waals surface area contributed by atoms with Crippen LogP contribution in [0.2, 0.25) is 0 Å². The first-order chi connectivity index (χ1) is 8.25. The Morgan fingerprint density at radius 1 is 1.53 bits per heavy atom. The molecule has 1 fully saturated rings. The van der Waals surface area contributed by atoms with E-state index in [9.17, 15) is 4.79 Å². The van der Waals surface area contributed by atoms with Crippen molar-refractivity contribution in [3.8, 4) is 0 Å². The molecule has 1 saturated carbocycles. The van der Waals surface area contributed by atoms with Gasteiger partial charge < -0.3 is 0 Å². The maximum Gasteiger partial charge on any atom is 0.289 e. The highest BCUT2D eigenvalue weighted by molar-refractivity contribution is 5.93. The third-order valence-corrected chi connectivity index (χ3v) is 2.96. The summed E-state index contributed by atoms with van der Waals surface area (Å²) in [4.78, 5) is 15.7. The number of amides is 1. The quantitative estimate of drug-likeness (QED) is 0.794. The monoisotopic (exact) mass is 231 g/mol. The minimum absolute atomic E-state index is 0.240. The number of nitrogens with zero attached hydrogens (tertiary/aromatic N) is 2. The highest BCUT2D eigenvalue weighted by Gasteiger charge is 2.14. The van der Waals surface area contributed by atoms with Crippen molar-refractivity contribution in [3.63, 3.8) is 0 Å². The molecule has 4 heteroatoms. The summed E-state index contributed by atoms with van der Waals surface area (Å²) >= 11 is 0. The van der Waals surface area contributed by atoms with Crippen molar-refractivity contribution in [3.05, 3.63) is 30.1 Å². The number of hydrogen-bond acceptors (Lipinski definition) is 3. The molecule has 17 heavy (non-hydrogen) atoms. The number of nitrogens with one attached hydrogen (secondary N) is 1. The molecule has 90 valence electrons. The number of rotatable bonds is 2. The lowest BCUT2D eigenvalue weighted by Gasteiger charge is -2.18. The fourth-order valence-corrected chi connectivity index (χ4v) is 2.05. The van der Waals surface area contributed by atoms with Gasteiger partial charge in [-0.3, -0.25) is 9.78 Å². The molecule has 0 unspecified atom stereocenters. The van der Waals surface area contributed by atoms with Crippen LogP contribution in [0.5, 0.6) is 0 Å². The maximum atomic E-state index is 11.7. The molecule has 0 aromatic carbocycles. The predicted molar refractivity (Wildman–Crippen MR) is 66.8 cm³/mol. The molecule has 4 nitrogen and oxygen atoms in total. The molecule has 1 amide bonds. The lowest BCUT2D eigenvalue weighted by Crippen LogP contribution is -2.22. The standard InChI is InChI=1S/C13H17N3O/c1-10-5-4-6-11(9-10)15-16-13(17)12-7-2-3-8-14-12/h2-3,7-8,10H,4-6,9H2,1H3,(H,16,17)/b15-11-/t10-/m0/s1. The molecule has 1 N–H and O–H groups in total. The Balaban J connectivity index is 1.93. The van der Waals surface area contributed by atoms with Crippen LogP contribution in [0, 0.1) is 5.92 Å². The smallest absolute Gasteiger partial charge is 0.266 e.